The lowest BCUT2D eigenvalue weighted by atomic mass is 10.2. The van der Waals surface area contributed by atoms with Crippen molar-refractivity contribution in [3.05, 3.63) is 0 Å². The Morgan fingerprint density at radius 1 is 1.53 bits per heavy atom. The van der Waals surface area contributed by atoms with E-state index in [2.05, 4.69) is 5.32 Å². The summed E-state index contributed by atoms with van der Waals surface area (Å²) in [6, 6.07) is -0.180. The van der Waals surface area contributed by atoms with E-state index in [9.17, 15) is 14.4 Å². The molecule has 17 heavy (non-hydrogen) atoms. The summed E-state index contributed by atoms with van der Waals surface area (Å²) in [6.07, 6.45) is -0.343. The summed E-state index contributed by atoms with van der Waals surface area (Å²) in [4.78, 5) is 33.9. The quantitative estimate of drug-likeness (QED) is 0.541. The molecule has 3 amide bonds. The number of carboxylic acid groups (broad SMARTS) is 1. The van der Waals surface area contributed by atoms with Crippen LogP contribution in [0, 0.1) is 11.3 Å². The monoisotopic (exact) mass is 242 g/mol. The van der Waals surface area contributed by atoms with E-state index in [1.54, 1.807) is 0 Å². The molecule has 8 heteroatoms. The smallest absolute Gasteiger partial charge is 0.326 e. The molecule has 0 rings (SSSR count). The van der Waals surface area contributed by atoms with Gasteiger partial charge in [-0.05, 0) is 0 Å². The standard InChI is InChI=1S/C9H14N4O4/c1-13(4-2-3-10)9(17)12-6(8(15)16)5-7(11)14/h6H,2,4-5H2,1H3,(H2,11,14)(H,12,17)(H,15,16). The first kappa shape index (κ1) is 14.7. The van der Waals surface area contributed by atoms with Crippen molar-refractivity contribution in [1.29, 1.82) is 5.26 Å². The molecule has 0 aromatic rings. The van der Waals surface area contributed by atoms with E-state index in [0.29, 0.717) is 0 Å². The highest BCUT2D eigenvalue weighted by Crippen LogP contribution is 1.95. The second kappa shape index (κ2) is 7.05. The predicted molar refractivity (Wildman–Crippen MR) is 56.6 cm³/mol. The maximum atomic E-state index is 11.4. The highest BCUT2D eigenvalue weighted by atomic mass is 16.4. The third kappa shape index (κ3) is 5.99. The average molecular weight is 242 g/mol. The molecule has 1 unspecified atom stereocenters. The van der Waals surface area contributed by atoms with Crippen LogP contribution < -0.4 is 11.1 Å². The van der Waals surface area contributed by atoms with Gasteiger partial charge in [-0.1, -0.05) is 0 Å². The number of carbonyl (C=O) groups is 3. The van der Waals surface area contributed by atoms with E-state index >= 15 is 0 Å². The first-order valence-electron chi connectivity index (χ1n) is 4.78. The van der Waals surface area contributed by atoms with Crippen LogP contribution in [0.3, 0.4) is 0 Å². The number of nitriles is 1. The number of primary amides is 1. The number of carbonyl (C=O) groups excluding carboxylic acids is 2. The highest BCUT2D eigenvalue weighted by Gasteiger charge is 2.23. The van der Waals surface area contributed by atoms with Gasteiger partial charge >= 0.3 is 12.0 Å². The Kier molecular flexibility index (Phi) is 6.10. The minimum absolute atomic E-state index is 0.136. The van der Waals surface area contributed by atoms with Gasteiger partial charge in [0.15, 0.2) is 0 Å². The van der Waals surface area contributed by atoms with Gasteiger partial charge in [0.05, 0.1) is 18.9 Å². The summed E-state index contributed by atoms with van der Waals surface area (Å²) in [7, 11) is 1.41. The number of nitrogens with zero attached hydrogens (tertiary/aromatic N) is 2. The van der Waals surface area contributed by atoms with E-state index in [-0.39, 0.29) is 13.0 Å². The van der Waals surface area contributed by atoms with Crippen molar-refractivity contribution in [2.75, 3.05) is 13.6 Å². The lowest BCUT2D eigenvalue weighted by Gasteiger charge is -2.19. The van der Waals surface area contributed by atoms with Crippen LogP contribution in [0.2, 0.25) is 0 Å². The largest absolute Gasteiger partial charge is 0.480 e. The zero-order valence-electron chi connectivity index (χ0n) is 9.34. The van der Waals surface area contributed by atoms with Crippen molar-refractivity contribution in [3.63, 3.8) is 0 Å². The van der Waals surface area contributed by atoms with Crippen LogP contribution in [0.1, 0.15) is 12.8 Å². The lowest BCUT2D eigenvalue weighted by Crippen LogP contribution is -2.48. The van der Waals surface area contributed by atoms with Crippen LogP contribution in [0.25, 0.3) is 0 Å². The predicted octanol–water partition coefficient (Wildman–Crippen LogP) is -1.13. The van der Waals surface area contributed by atoms with Crippen molar-refractivity contribution in [2.24, 2.45) is 5.73 Å². The molecule has 0 aliphatic rings. The van der Waals surface area contributed by atoms with E-state index < -0.39 is 30.4 Å². The molecule has 0 spiro atoms. The molecular weight excluding hydrogens is 228 g/mol. The topological polar surface area (TPSA) is 137 Å². The Labute approximate surface area is 98.0 Å². The zero-order chi connectivity index (χ0) is 13.4. The third-order valence-corrected chi connectivity index (χ3v) is 1.91. The molecule has 8 nitrogen and oxygen atoms in total. The number of nitrogens with two attached hydrogens (primary N) is 1. The number of hydrogen-bond donors (Lipinski definition) is 3. The summed E-state index contributed by atoms with van der Waals surface area (Å²) < 4.78 is 0. The maximum Gasteiger partial charge on any atom is 0.326 e. The van der Waals surface area contributed by atoms with Gasteiger partial charge in [0, 0.05) is 13.6 Å². The Hall–Kier alpha value is -2.30. The van der Waals surface area contributed by atoms with Gasteiger partial charge in [-0.3, -0.25) is 4.79 Å². The summed E-state index contributed by atoms with van der Waals surface area (Å²) >= 11 is 0. The minimum Gasteiger partial charge on any atom is -0.480 e. The van der Waals surface area contributed by atoms with Gasteiger partial charge < -0.3 is 21.1 Å². The molecule has 0 aromatic heterocycles. The Morgan fingerprint density at radius 2 is 2.12 bits per heavy atom. The fourth-order valence-corrected chi connectivity index (χ4v) is 0.980. The van der Waals surface area contributed by atoms with Gasteiger partial charge in [-0.15, -0.1) is 0 Å². The van der Waals surface area contributed by atoms with Crippen LogP contribution >= 0.6 is 0 Å². The Balaban J connectivity index is 4.35. The Morgan fingerprint density at radius 3 is 2.53 bits per heavy atom. The minimum atomic E-state index is -1.36. The zero-order valence-corrected chi connectivity index (χ0v) is 9.34. The molecular formula is C9H14N4O4. The van der Waals surface area contributed by atoms with Gasteiger partial charge in [0.1, 0.15) is 6.04 Å². The normalized spacial score (nSPS) is 11.1. The van der Waals surface area contributed by atoms with E-state index in [4.69, 9.17) is 16.1 Å². The van der Waals surface area contributed by atoms with Crippen LogP contribution in [0.5, 0.6) is 0 Å². The Bertz CT molecular complexity index is 349. The molecule has 0 saturated heterocycles. The van der Waals surface area contributed by atoms with Crippen LogP contribution in [-0.4, -0.2) is 47.5 Å². The molecule has 0 saturated carbocycles. The molecule has 94 valence electrons. The van der Waals surface area contributed by atoms with Gasteiger partial charge in [-0.25, -0.2) is 9.59 Å². The number of carboxylic acids is 1. The molecule has 0 fully saturated rings. The second-order valence-corrected chi connectivity index (χ2v) is 3.34. The van der Waals surface area contributed by atoms with E-state index in [0.717, 1.165) is 4.90 Å². The van der Waals surface area contributed by atoms with Crippen molar-refractivity contribution in [3.8, 4) is 6.07 Å². The summed E-state index contributed by atoms with van der Waals surface area (Å²) in [6.45, 7) is 0.172. The molecule has 0 aliphatic carbocycles. The van der Waals surface area contributed by atoms with Crippen LogP contribution in [-0.2, 0) is 9.59 Å². The van der Waals surface area contributed by atoms with Crippen LogP contribution in [0.15, 0.2) is 0 Å². The molecule has 4 N–H and O–H groups in total. The number of amides is 3. The summed E-state index contributed by atoms with van der Waals surface area (Å²) in [5.74, 6) is -2.16. The fourth-order valence-electron chi connectivity index (χ4n) is 0.980. The highest BCUT2D eigenvalue weighted by molar-refractivity contribution is 5.87. The third-order valence-electron chi connectivity index (χ3n) is 1.91. The van der Waals surface area contributed by atoms with E-state index in [1.807, 2.05) is 6.07 Å². The summed E-state index contributed by atoms with van der Waals surface area (Å²) in [5.41, 5.74) is 4.85. The SMILES string of the molecule is CN(CCC#N)C(=O)NC(CC(N)=O)C(=O)O. The van der Waals surface area contributed by atoms with Gasteiger partial charge in [-0.2, -0.15) is 5.26 Å². The summed E-state index contributed by atoms with van der Waals surface area (Å²) in [5, 5.41) is 19.2. The number of hydrogen-bond acceptors (Lipinski definition) is 4. The maximum absolute atomic E-state index is 11.4. The number of nitrogens with one attached hydrogen (secondary N) is 1. The van der Waals surface area contributed by atoms with Crippen molar-refractivity contribution in [1.82, 2.24) is 10.2 Å². The molecule has 1 atom stereocenters. The number of rotatable bonds is 6. The first-order chi connectivity index (χ1) is 7.88. The fraction of sp³-hybridized carbons (Fsp3) is 0.556. The van der Waals surface area contributed by atoms with Gasteiger partial charge in [0.25, 0.3) is 0 Å². The lowest BCUT2D eigenvalue weighted by molar-refractivity contribution is -0.140. The molecule has 0 radical (unpaired) electrons. The molecule has 0 bridgehead atoms. The first-order valence-corrected chi connectivity index (χ1v) is 4.78. The number of urea groups is 1. The van der Waals surface area contributed by atoms with Crippen LogP contribution in [0.4, 0.5) is 4.79 Å². The molecule has 0 heterocycles. The molecule has 0 aromatic carbocycles. The average Bonchev–Trinajstić information content (AvgIpc) is 2.23. The van der Waals surface area contributed by atoms with Gasteiger partial charge in [0.2, 0.25) is 5.91 Å². The second-order valence-electron chi connectivity index (χ2n) is 3.34. The van der Waals surface area contributed by atoms with Crippen molar-refractivity contribution < 1.29 is 19.5 Å². The molecule has 0 aliphatic heterocycles. The van der Waals surface area contributed by atoms with E-state index in [1.165, 1.54) is 7.05 Å². The van der Waals surface area contributed by atoms with Crippen molar-refractivity contribution >= 4 is 17.9 Å². The number of aliphatic carboxylic acids is 1. The van der Waals surface area contributed by atoms with Crippen molar-refractivity contribution in [2.45, 2.75) is 18.9 Å².